The Morgan fingerprint density at radius 1 is 1.18 bits per heavy atom. The summed E-state index contributed by atoms with van der Waals surface area (Å²) in [6.07, 6.45) is -1.63. The van der Waals surface area contributed by atoms with E-state index in [2.05, 4.69) is 9.88 Å². The lowest BCUT2D eigenvalue weighted by Gasteiger charge is -2.38. The van der Waals surface area contributed by atoms with Gasteiger partial charge in [-0.2, -0.15) is 13.2 Å². The van der Waals surface area contributed by atoms with E-state index >= 15 is 0 Å². The average Bonchev–Trinajstić information content (AvgIpc) is 2.97. The van der Waals surface area contributed by atoms with Gasteiger partial charge in [-0.1, -0.05) is 0 Å². The van der Waals surface area contributed by atoms with Crippen LogP contribution in [0.3, 0.4) is 0 Å². The highest BCUT2D eigenvalue weighted by Gasteiger charge is 2.51. The third kappa shape index (κ3) is 3.82. The Labute approximate surface area is 161 Å². The standard InChI is InChI=1S/C19H24F3N3O3/c20-19(21,22)15-2-1-5-23-16(15)25-6-3-18(4-7-25)12-14(28-17(18)26)13-24-8-10-27-11-9-24/h1-2,5,14H,3-4,6-13H2. The molecule has 1 spiro atoms. The van der Waals surface area contributed by atoms with E-state index in [1.165, 1.54) is 12.3 Å². The zero-order chi connectivity index (χ0) is 19.8. The number of nitrogens with zero attached hydrogens (tertiary/aromatic N) is 3. The fourth-order valence-corrected chi connectivity index (χ4v) is 4.44. The van der Waals surface area contributed by atoms with E-state index in [-0.39, 0.29) is 17.9 Å². The van der Waals surface area contributed by atoms with Crippen molar-refractivity contribution in [1.29, 1.82) is 0 Å². The number of piperidine rings is 1. The van der Waals surface area contributed by atoms with Crippen molar-refractivity contribution >= 4 is 11.8 Å². The fourth-order valence-electron chi connectivity index (χ4n) is 4.44. The monoisotopic (exact) mass is 399 g/mol. The molecule has 154 valence electrons. The predicted octanol–water partition coefficient (Wildman–Crippen LogP) is 2.33. The number of rotatable bonds is 3. The second-order valence-corrected chi connectivity index (χ2v) is 7.78. The molecule has 3 aliphatic heterocycles. The molecule has 0 saturated carbocycles. The Balaban J connectivity index is 1.40. The molecule has 1 aromatic heterocycles. The van der Waals surface area contributed by atoms with Gasteiger partial charge in [0.25, 0.3) is 0 Å². The molecule has 28 heavy (non-hydrogen) atoms. The number of aromatic nitrogens is 1. The van der Waals surface area contributed by atoms with Crippen LogP contribution in [0.2, 0.25) is 0 Å². The number of ether oxygens (including phenoxy) is 2. The van der Waals surface area contributed by atoms with Crippen LogP contribution in [0, 0.1) is 5.41 Å². The number of hydrogen-bond donors (Lipinski definition) is 0. The molecule has 3 aliphatic rings. The molecule has 4 rings (SSSR count). The first-order chi connectivity index (χ1) is 13.4. The number of cyclic esters (lactones) is 1. The van der Waals surface area contributed by atoms with Crippen LogP contribution < -0.4 is 4.90 Å². The molecule has 0 bridgehead atoms. The van der Waals surface area contributed by atoms with Crippen molar-refractivity contribution in [3.63, 3.8) is 0 Å². The molecule has 3 saturated heterocycles. The minimum Gasteiger partial charge on any atom is -0.461 e. The Morgan fingerprint density at radius 3 is 2.57 bits per heavy atom. The quantitative estimate of drug-likeness (QED) is 0.728. The van der Waals surface area contributed by atoms with Crippen molar-refractivity contribution in [3.05, 3.63) is 23.9 Å². The average molecular weight is 399 g/mol. The predicted molar refractivity (Wildman–Crippen MR) is 94.9 cm³/mol. The summed E-state index contributed by atoms with van der Waals surface area (Å²) in [5, 5.41) is 0. The van der Waals surface area contributed by atoms with Gasteiger partial charge in [-0.3, -0.25) is 9.69 Å². The summed E-state index contributed by atoms with van der Waals surface area (Å²) < 4.78 is 50.8. The minimum atomic E-state index is -4.45. The maximum absolute atomic E-state index is 13.3. The van der Waals surface area contributed by atoms with E-state index in [1.807, 2.05) is 0 Å². The zero-order valence-corrected chi connectivity index (χ0v) is 15.6. The van der Waals surface area contributed by atoms with Gasteiger partial charge in [-0.05, 0) is 25.0 Å². The summed E-state index contributed by atoms with van der Waals surface area (Å²) in [5.74, 6) is -0.261. The number of esters is 1. The van der Waals surface area contributed by atoms with Gasteiger partial charge in [-0.15, -0.1) is 0 Å². The number of carbonyl (C=O) groups excluding carboxylic acids is 1. The van der Waals surface area contributed by atoms with Gasteiger partial charge < -0.3 is 14.4 Å². The zero-order valence-electron chi connectivity index (χ0n) is 15.6. The van der Waals surface area contributed by atoms with E-state index in [9.17, 15) is 18.0 Å². The summed E-state index contributed by atoms with van der Waals surface area (Å²) in [5.41, 5.74) is -1.31. The maximum Gasteiger partial charge on any atom is 0.419 e. The molecular formula is C19H24F3N3O3. The Kier molecular flexibility index (Phi) is 5.22. The Morgan fingerprint density at radius 2 is 1.89 bits per heavy atom. The highest BCUT2D eigenvalue weighted by Crippen LogP contribution is 2.45. The molecule has 0 amide bonds. The summed E-state index contributed by atoms with van der Waals surface area (Å²) in [6, 6.07) is 2.34. The second kappa shape index (κ2) is 7.51. The van der Waals surface area contributed by atoms with Crippen LogP contribution in [0.4, 0.5) is 19.0 Å². The van der Waals surface area contributed by atoms with E-state index in [0.717, 1.165) is 19.2 Å². The number of hydrogen-bond acceptors (Lipinski definition) is 6. The number of pyridine rings is 1. The van der Waals surface area contributed by atoms with E-state index in [4.69, 9.17) is 9.47 Å². The smallest absolute Gasteiger partial charge is 0.419 e. The number of carbonyl (C=O) groups is 1. The second-order valence-electron chi connectivity index (χ2n) is 7.78. The first-order valence-corrected chi connectivity index (χ1v) is 9.66. The topological polar surface area (TPSA) is 54.9 Å². The summed E-state index contributed by atoms with van der Waals surface area (Å²) >= 11 is 0. The minimum absolute atomic E-state index is 0.0546. The summed E-state index contributed by atoms with van der Waals surface area (Å²) in [6.45, 7) is 4.44. The van der Waals surface area contributed by atoms with Crippen LogP contribution in [0.25, 0.3) is 0 Å². The van der Waals surface area contributed by atoms with Crippen LogP contribution in [0.15, 0.2) is 18.3 Å². The van der Waals surface area contributed by atoms with Crippen molar-refractivity contribution in [2.45, 2.75) is 31.5 Å². The van der Waals surface area contributed by atoms with Gasteiger partial charge in [0, 0.05) is 45.3 Å². The van der Waals surface area contributed by atoms with Crippen molar-refractivity contribution in [2.75, 3.05) is 50.8 Å². The van der Waals surface area contributed by atoms with Gasteiger partial charge in [0.1, 0.15) is 11.9 Å². The van der Waals surface area contributed by atoms with E-state index in [1.54, 1.807) is 4.90 Å². The highest BCUT2D eigenvalue weighted by atomic mass is 19.4. The molecule has 0 aromatic carbocycles. The molecular weight excluding hydrogens is 375 g/mol. The van der Waals surface area contributed by atoms with Crippen molar-refractivity contribution in [1.82, 2.24) is 9.88 Å². The Bertz CT molecular complexity index is 714. The van der Waals surface area contributed by atoms with Crippen molar-refractivity contribution < 1.29 is 27.4 Å². The normalized spacial score (nSPS) is 25.9. The largest absolute Gasteiger partial charge is 0.461 e. The fraction of sp³-hybridized carbons (Fsp3) is 0.684. The lowest BCUT2D eigenvalue weighted by Crippen LogP contribution is -2.44. The van der Waals surface area contributed by atoms with Crippen LogP contribution >= 0.6 is 0 Å². The molecule has 4 heterocycles. The van der Waals surface area contributed by atoms with Crippen LogP contribution in [0.5, 0.6) is 0 Å². The lowest BCUT2D eigenvalue weighted by molar-refractivity contribution is -0.150. The van der Waals surface area contributed by atoms with Crippen LogP contribution in [-0.2, 0) is 20.4 Å². The third-order valence-electron chi connectivity index (χ3n) is 6.00. The molecule has 6 nitrogen and oxygen atoms in total. The molecule has 1 atom stereocenters. The van der Waals surface area contributed by atoms with Gasteiger partial charge >= 0.3 is 12.1 Å². The highest BCUT2D eigenvalue weighted by molar-refractivity contribution is 5.79. The number of alkyl halides is 3. The molecule has 1 aromatic rings. The summed E-state index contributed by atoms with van der Waals surface area (Å²) in [4.78, 5) is 20.4. The maximum atomic E-state index is 13.3. The van der Waals surface area contributed by atoms with Gasteiger partial charge in [-0.25, -0.2) is 4.98 Å². The van der Waals surface area contributed by atoms with Crippen molar-refractivity contribution in [2.24, 2.45) is 5.41 Å². The van der Waals surface area contributed by atoms with Crippen LogP contribution in [-0.4, -0.2) is 67.9 Å². The number of halogens is 3. The van der Waals surface area contributed by atoms with E-state index < -0.39 is 17.2 Å². The third-order valence-corrected chi connectivity index (χ3v) is 6.00. The van der Waals surface area contributed by atoms with Crippen LogP contribution in [0.1, 0.15) is 24.8 Å². The molecule has 0 radical (unpaired) electrons. The summed E-state index contributed by atoms with van der Waals surface area (Å²) in [7, 11) is 0. The number of anilines is 1. The first-order valence-electron chi connectivity index (χ1n) is 9.66. The molecule has 3 fully saturated rings. The lowest BCUT2D eigenvalue weighted by atomic mass is 9.76. The van der Waals surface area contributed by atoms with E-state index in [0.29, 0.717) is 52.1 Å². The van der Waals surface area contributed by atoms with Gasteiger partial charge in [0.15, 0.2) is 0 Å². The number of morpholine rings is 1. The van der Waals surface area contributed by atoms with Crippen molar-refractivity contribution in [3.8, 4) is 0 Å². The molecule has 0 N–H and O–H groups in total. The first kappa shape index (κ1) is 19.4. The Hall–Kier alpha value is -1.87. The molecule has 0 aliphatic carbocycles. The molecule has 1 unspecified atom stereocenters. The molecule has 9 heteroatoms. The van der Waals surface area contributed by atoms with Gasteiger partial charge in [0.05, 0.1) is 24.2 Å². The van der Waals surface area contributed by atoms with Gasteiger partial charge in [0.2, 0.25) is 0 Å². The SMILES string of the molecule is O=C1OC(CN2CCOCC2)CC12CCN(c1ncccc1C(F)(F)F)CC2.